The minimum absolute atomic E-state index is 0.0417. The van der Waals surface area contributed by atoms with Gasteiger partial charge in [-0.1, -0.05) is 13.0 Å². The fourth-order valence-corrected chi connectivity index (χ4v) is 4.24. The number of amides is 2. The Kier molecular flexibility index (Phi) is 6.04. The van der Waals surface area contributed by atoms with Gasteiger partial charge in [0.15, 0.2) is 0 Å². The van der Waals surface area contributed by atoms with Gasteiger partial charge in [0.2, 0.25) is 0 Å². The summed E-state index contributed by atoms with van der Waals surface area (Å²) in [5.41, 5.74) is 2.02. The minimum Gasteiger partial charge on any atom is -0.339 e. The highest BCUT2D eigenvalue weighted by molar-refractivity contribution is 7.13. The van der Waals surface area contributed by atoms with Gasteiger partial charge in [-0.15, -0.1) is 11.3 Å². The minimum atomic E-state index is -0.162. The normalized spacial score (nSPS) is 14.3. The van der Waals surface area contributed by atoms with E-state index in [4.69, 9.17) is 0 Å². The van der Waals surface area contributed by atoms with Crippen LogP contribution in [0, 0.1) is 6.92 Å². The number of nitrogens with one attached hydrogen (secondary N) is 1. The maximum atomic E-state index is 12.6. The molecular formula is C20H25N3O2S. The van der Waals surface area contributed by atoms with E-state index in [1.807, 2.05) is 30.0 Å². The average molecular weight is 372 g/mol. The van der Waals surface area contributed by atoms with Crippen LogP contribution in [0.5, 0.6) is 0 Å². The molecule has 1 aromatic carbocycles. The molecule has 1 N–H and O–H groups in total. The van der Waals surface area contributed by atoms with E-state index in [9.17, 15) is 9.59 Å². The first kappa shape index (κ1) is 18.6. The Labute approximate surface area is 158 Å². The Balaban J connectivity index is 1.72. The van der Waals surface area contributed by atoms with Crippen molar-refractivity contribution < 1.29 is 9.59 Å². The Bertz CT molecular complexity index is 794. The molecule has 1 fully saturated rings. The lowest BCUT2D eigenvalue weighted by Crippen LogP contribution is -2.35. The summed E-state index contributed by atoms with van der Waals surface area (Å²) in [6.07, 6.45) is 5.21. The van der Waals surface area contributed by atoms with Crippen molar-refractivity contribution in [1.29, 1.82) is 0 Å². The molecule has 1 saturated heterocycles. The van der Waals surface area contributed by atoms with Gasteiger partial charge >= 0.3 is 0 Å². The van der Waals surface area contributed by atoms with Gasteiger partial charge in [-0.25, -0.2) is 4.98 Å². The number of aromatic nitrogens is 1. The Morgan fingerprint density at radius 1 is 1.23 bits per heavy atom. The van der Waals surface area contributed by atoms with E-state index in [0.717, 1.165) is 49.5 Å². The topological polar surface area (TPSA) is 62.3 Å². The third kappa shape index (κ3) is 4.30. The number of nitrogens with zero attached hydrogens (tertiary/aromatic N) is 2. The lowest BCUT2D eigenvalue weighted by molar-refractivity contribution is 0.0724. The van der Waals surface area contributed by atoms with Crippen LogP contribution in [0.1, 0.15) is 63.3 Å². The van der Waals surface area contributed by atoms with Crippen molar-refractivity contribution in [3.63, 3.8) is 0 Å². The first-order valence-electron chi connectivity index (χ1n) is 9.25. The summed E-state index contributed by atoms with van der Waals surface area (Å²) in [4.78, 5) is 32.2. The van der Waals surface area contributed by atoms with Crippen LogP contribution >= 0.6 is 11.3 Å². The quantitative estimate of drug-likeness (QED) is 0.853. The zero-order valence-corrected chi connectivity index (χ0v) is 16.2. The van der Waals surface area contributed by atoms with Gasteiger partial charge in [-0.05, 0) is 57.2 Å². The maximum absolute atomic E-state index is 12.6. The Hall–Kier alpha value is -2.21. The summed E-state index contributed by atoms with van der Waals surface area (Å²) in [5.74, 6) is -0.120. The molecule has 2 amide bonds. The average Bonchev–Trinajstić information content (AvgIpc) is 3.03. The van der Waals surface area contributed by atoms with E-state index in [0.29, 0.717) is 16.1 Å². The number of anilines is 1. The van der Waals surface area contributed by atoms with Crippen LogP contribution in [0.4, 0.5) is 5.69 Å². The molecule has 0 unspecified atom stereocenters. The van der Waals surface area contributed by atoms with Crippen molar-refractivity contribution in [2.75, 3.05) is 18.4 Å². The standard InChI is InChI=1S/C20H25N3O2S/c1-3-8-17-21-14(2)18(26-17)19(24)22-16-10-7-9-15(13-16)20(25)23-11-5-4-6-12-23/h7,9-10,13H,3-6,8,11-12H2,1-2H3,(H,22,24). The highest BCUT2D eigenvalue weighted by Gasteiger charge is 2.19. The Morgan fingerprint density at radius 2 is 2.00 bits per heavy atom. The van der Waals surface area contributed by atoms with E-state index in [2.05, 4.69) is 17.2 Å². The van der Waals surface area contributed by atoms with Gasteiger partial charge in [0.05, 0.1) is 10.7 Å². The summed E-state index contributed by atoms with van der Waals surface area (Å²) in [6.45, 7) is 5.59. The molecule has 0 aliphatic carbocycles. The monoisotopic (exact) mass is 371 g/mol. The van der Waals surface area contributed by atoms with Gasteiger partial charge in [-0.3, -0.25) is 9.59 Å². The molecule has 2 aromatic rings. The van der Waals surface area contributed by atoms with E-state index in [1.54, 1.807) is 6.07 Å². The van der Waals surface area contributed by atoms with E-state index < -0.39 is 0 Å². The Morgan fingerprint density at radius 3 is 2.73 bits per heavy atom. The number of hydrogen-bond donors (Lipinski definition) is 1. The fraction of sp³-hybridized carbons (Fsp3) is 0.450. The molecule has 0 spiro atoms. The third-order valence-electron chi connectivity index (χ3n) is 4.52. The number of carbonyl (C=O) groups excluding carboxylic acids is 2. The van der Waals surface area contributed by atoms with Crippen molar-refractivity contribution in [3.05, 3.63) is 45.4 Å². The van der Waals surface area contributed by atoms with Crippen molar-refractivity contribution in [2.24, 2.45) is 0 Å². The lowest BCUT2D eigenvalue weighted by atomic mass is 10.1. The third-order valence-corrected chi connectivity index (χ3v) is 5.74. The molecule has 1 aromatic heterocycles. The highest BCUT2D eigenvalue weighted by atomic mass is 32.1. The summed E-state index contributed by atoms with van der Waals surface area (Å²) in [6, 6.07) is 7.20. The molecule has 1 aliphatic heterocycles. The second-order valence-electron chi connectivity index (χ2n) is 6.66. The predicted octanol–water partition coefficient (Wildman–Crippen LogP) is 4.28. The van der Waals surface area contributed by atoms with Crippen LogP contribution < -0.4 is 5.32 Å². The molecule has 1 aliphatic rings. The summed E-state index contributed by atoms with van der Waals surface area (Å²) < 4.78 is 0. The van der Waals surface area contributed by atoms with Crippen LogP contribution in [0.15, 0.2) is 24.3 Å². The molecule has 2 heterocycles. The smallest absolute Gasteiger partial charge is 0.267 e. The highest BCUT2D eigenvalue weighted by Crippen LogP contribution is 2.22. The number of benzene rings is 1. The maximum Gasteiger partial charge on any atom is 0.267 e. The molecular weight excluding hydrogens is 346 g/mol. The van der Waals surface area contributed by atoms with Gasteiger partial charge in [0, 0.05) is 24.3 Å². The van der Waals surface area contributed by atoms with Crippen molar-refractivity contribution in [1.82, 2.24) is 9.88 Å². The predicted molar refractivity (Wildman–Crippen MR) is 105 cm³/mol. The molecule has 6 heteroatoms. The van der Waals surface area contributed by atoms with Crippen LogP contribution in [-0.2, 0) is 6.42 Å². The zero-order valence-electron chi connectivity index (χ0n) is 15.4. The number of aryl methyl sites for hydroxylation is 2. The van der Waals surface area contributed by atoms with Gasteiger partial charge < -0.3 is 10.2 Å². The van der Waals surface area contributed by atoms with Gasteiger partial charge in [-0.2, -0.15) is 0 Å². The van der Waals surface area contributed by atoms with Gasteiger partial charge in [0.25, 0.3) is 11.8 Å². The summed E-state index contributed by atoms with van der Waals surface area (Å²) in [7, 11) is 0. The van der Waals surface area contributed by atoms with Crippen molar-refractivity contribution >= 4 is 28.8 Å². The molecule has 0 bridgehead atoms. The van der Waals surface area contributed by atoms with Crippen molar-refractivity contribution in [2.45, 2.75) is 46.0 Å². The molecule has 26 heavy (non-hydrogen) atoms. The second kappa shape index (κ2) is 8.45. The van der Waals surface area contributed by atoms with Crippen LogP contribution in [0.2, 0.25) is 0 Å². The molecule has 3 rings (SSSR count). The number of hydrogen-bond acceptors (Lipinski definition) is 4. The lowest BCUT2D eigenvalue weighted by Gasteiger charge is -2.26. The van der Waals surface area contributed by atoms with E-state index in [-0.39, 0.29) is 11.8 Å². The van der Waals surface area contributed by atoms with Crippen molar-refractivity contribution in [3.8, 4) is 0 Å². The molecule has 0 radical (unpaired) electrons. The number of likely N-dealkylation sites (tertiary alicyclic amines) is 1. The number of rotatable bonds is 5. The summed E-state index contributed by atoms with van der Waals surface area (Å²) in [5, 5.41) is 3.90. The first-order chi connectivity index (χ1) is 12.6. The van der Waals surface area contributed by atoms with E-state index in [1.165, 1.54) is 17.8 Å². The molecule has 0 atom stereocenters. The number of piperidine rings is 1. The zero-order chi connectivity index (χ0) is 18.5. The van der Waals surface area contributed by atoms with E-state index >= 15 is 0 Å². The number of thiazole rings is 1. The second-order valence-corrected chi connectivity index (χ2v) is 7.74. The largest absolute Gasteiger partial charge is 0.339 e. The molecule has 5 nitrogen and oxygen atoms in total. The molecule has 138 valence electrons. The van der Waals surface area contributed by atoms with Crippen LogP contribution in [0.25, 0.3) is 0 Å². The van der Waals surface area contributed by atoms with Crippen LogP contribution in [0.3, 0.4) is 0 Å². The fourth-order valence-electron chi connectivity index (χ4n) is 3.18. The summed E-state index contributed by atoms with van der Waals surface area (Å²) >= 11 is 1.45. The van der Waals surface area contributed by atoms with Crippen LogP contribution in [-0.4, -0.2) is 34.8 Å². The molecule has 0 saturated carbocycles. The number of carbonyl (C=O) groups is 2. The van der Waals surface area contributed by atoms with Gasteiger partial charge in [0.1, 0.15) is 4.88 Å². The SMILES string of the molecule is CCCc1nc(C)c(C(=O)Nc2cccc(C(=O)N3CCCCC3)c2)s1. The first-order valence-corrected chi connectivity index (χ1v) is 10.1.